The molecule has 0 radical (unpaired) electrons. The predicted octanol–water partition coefficient (Wildman–Crippen LogP) is 5.41. The number of rotatable bonds is 5. The Morgan fingerprint density at radius 1 is 1.14 bits per heavy atom. The van der Waals surface area contributed by atoms with Gasteiger partial charge >= 0.3 is 0 Å². The second kappa shape index (κ2) is 8.34. The molecule has 4 N–H and O–H groups in total. The van der Waals surface area contributed by atoms with Crippen molar-refractivity contribution in [3.63, 3.8) is 0 Å². The second-order valence-corrected chi connectivity index (χ2v) is 9.38. The quantitative estimate of drug-likeness (QED) is 0.385. The van der Waals surface area contributed by atoms with Crippen LogP contribution >= 0.6 is 23.3 Å². The van der Waals surface area contributed by atoms with Gasteiger partial charge < -0.3 is 11.1 Å². The minimum absolute atomic E-state index is 0.0468. The van der Waals surface area contributed by atoms with Crippen LogP contribution in [0.4, 0.5) is 11.4 Å². The lowest BCUT2D eigenvalue weighted by Gasteiger charge is -2.20. The first-order valence-electron chi connectivity index (χ1n) is 8.89. The molecular formula is C21H24N4OS2. The monoisotopic (exact) mass is 412 g/mol. The molecule has 0 saturated heterocycles. The molecule has 0 bridgehead atoms. The maximum atomic E-state index is 11.4. The molecule has 28 heavy (non-hydrogen) atoms. The van der Waals surface area contributed by atoms with E-state index in [-0.39, 0.29) is 11.4 Å². The van der Waals surface area contributed by atoms with Crippen LogP contribution in [0.3, 0.4) is 0 Å². The van der Waals surface area contributed by atoms with Gasteiger partial charge in [-0.25, -0.2) is 4.98 Å². The van der Waals surface area contributed by atoms with Gasteiger partial charge in [0.1, 0.15) is 5.01 Å². The number of hydrogen-bond acceptors (Lipinski definition) is 6. The maximum absolute atomic E-state index is 11.4. The van der Waals surface area contributed by atoms with Crippen molar-refractivity contribution in [2.24, 2.45) is 0 Å². The van der Waals surface area contributed by atoms with Gasteiger partial charge in [0.15, 0.2) is 0 Å². The van der Waals surface area contributed by atoms with Gasteiger partial charge in [0.25, 0.3) is 0 Å². The minimum atomic E-state index is -0.0871. The summed E-state index contributed by atoms with van der Waals surface area (Å²) >= 11 is 3.19. The number of nitrogens with one attached hydrogen (secondary N) is 2. The molecular weight excluding hydrogens is 388 g/mol. The summed E-state index contributed by atoms with van der Waals surface area (Å²) in [7, 11) is 0. The molecule has 0 aliphatic rings. The molecule has 7 heteroatoms. The maximum Gasteiger partial charge on any atom is 0.221 e. The number of nitrogens with zero attached hydrogens (tertiary/aromatic N) is 1. The molecule has 3 rings (SSSR count). The van der Waals surface area contributed by atoms with Crippen molar-refractivity contribution >= 4 is 40.6 Å². The molecule has 0 aliphatic carbocycles. The summed E-state index contributed by atoms with van der Waals surface area (Å²) in [6, 6.07) is 13.7. The molecule has 0 spiro atoms. The number of carbonyl (C=O) groups is 1. The van der Waals surface area contributed by atoms with E-state index in [4.69, 9.17) is 5.73 Å². The number of nitrogens with two attached hydrogens (primary N) is 1. The van der Waals surface area contributed by atoms with Crippen molar-refractivity contribution in [1.29, 1.82) is 0 Å². The predicted molar refractivity (Wildman–Crippen MR) is 120 cm³/mol. The van der Waals surface area contributed by atoms with Gasteiger partial charge in [0.05, 0.1) is 4.88 Å². The zero-order valence-corrected chi connectivity index (χ0v) is 18.0. The standard InChI is InChI=1S/C21H24N4OS2/c1-13(26)24-16-9-10-17(18(11-16)28-25-21(2,3)4)19-12-23-20(27-19)14-5-7-15(22)8-6-14/h5-12,25H,22H2,1-4H3,(H,24,26). The van der Waals surface area contributed by atoms with E-state index >= 15 is 0 Å². The van der Waals surface area contributed by atoms with Crippen molar-refractivity contribution in [2.45, 2.75) is 38.1 Å². The van der Waals surface area contributed by atoms with Gasteiger partial charge in [-0.05, 0) is 69.1 Å². The van der Waals surface area contributed by atoms with E-state index in [0.717, 1.165) is 37.3 Å². The number of amides is 1. The van der Waals surface area contributed by atoms with Gasteiger partial charge in [-0.2, -0.15) is 0 Å². The number of anilines is 2. The van der Waals surface area contributed by atoms with Crippen molar-refractivity contribution in [1.82, 2.24) is 9.71 Å². The smallest absolute Gasteiger partial charge is 0.221 e. The topological polar surface area (TPSA) is 80.0 Å². The molecule has 5 nitrogen and oxygen atoms in total. The number of benzene rings is 2. The van der Waals surface area contributed by atoms with E-state index in [2.05, 4.69) is 35.8 Å². The van der Waals surface area contributed by atoms with E-state index < -0.39 is 0 Å². The highest BCUT2D eigenvalue weighted by molar-refractivity contribution is 7.97. The third-order valence-electron chi connectivity index (χ3n) is 3.70. The van der Waals surface area contributed by atoms with E-state index in [1.807, 2.05) is 48.7 Å². The Kier molecular flexibility index (Phi) is 6.07. The van der Waals surface area contributed by atoms with Crippen LogP contribution in [-0.2, 0) is 4.79 Å². The van der Waals surface area contributed by atoms with E-state index in [0.29, 0.717) is 0 Å². The van der Waals surface area contributed by atoms with Crippen LogP contribution in [0.25, 0.3) is 21.0 Å². The zero-order chi connectivity index (χ0) is 20.3. The SMILES string of the molecule is CC(=O)Nc1ccc(-c2cnc(-c3ccc(N)cc3)s2)c(SNC(C)(C)C)c1. The van der Waals surface area contributed by atoms with Crippen molar-refractivity contribution in [3.8, 4) is 21.0 Å². The highest BCUT2D eigenvalue weighted by Crippen LogP contribution is 2.38. The van der Waals surface area contributed by atoms with Crippen molar-refractivity contribution in [2.75, 3.05) is 11.1 Å². The van der Waals surface area contributed by atoms with Crippen LogP contribution in [0.5, 0.6) is 0 Å². The number of nitrogen functional groups attached to an aromatic ring is 1. The number of carbonyl (C=O) groups excluding carboxylic acids is 1. The third kappa shape index (κ3) is 5.34. The molecule has 0 atom stereocenters. The van der Waals surface area contributed by atoms with Gasteiger partial charge in [-0.3, -0.25) is 9.52 Å². The molecule has 1 amide bonds. The number of aromatic nitrogens is 1. The minimum Gasteiger partial charge on any atom is -0.399 e. The molecule has 0 saturated carbocycles. The van der Waals surface area contributed by atoms with Crippen molar-refractivity contribution in [3.05, 3.63) is 48.7 Å². The summed E-state index contributed by atoms with van der Waals surface area (Å²) in [4.78, 5) is 18.1. The normalized spacial score (nSPS) is 11.4. The number of hydrogen-bond donors (Lipinski definition) is 3. The molecule has 2 aromatic carbocycles. The Morgan fingerprint density at radius 3 is 2.50 bits per heavy atom. The summed E-state index contributed by atoms with van der Waals surface area (Å²) in [6.07, 6.45) is 1.89. The van der Waals surface area contributed by atoms with Crippen molar-refractivity contribution < 1.29 is 4.79 Å². The van der Waals surface area contributed by atoms with Crippen LogP contribution in [0.1, 0.15) is 27.7 Å². The Balaban J connectivity index is 1.95. The summed E-state index contributed by atoms with van der Waals surface area (Å²) < 4.78 is 3.45. The summed E-state index contributed by atoms with van der Waals surface area (Å²) in [5.41, 5.74) is 9.37. The summed E-state index contributed by atoms with van der Waals surface area (Å²) in [5, 5.41) is 3.80. The highest BCUT2D eigenvalue weighted by atomic mass is 32.2. The summed E-state index contributed by atoms with van der Waals surface area (Å²) in [6.45, 7) is 7.85. The van der Waals surface area contributed by atoms with Crippen LogP contribution < -0.4 is 15.8 Å². The molecule has 1 aromatic heterocycles. The van der Waals surface area contributed by atoms with E-state index in [1.165, 1.54) is 6.92 Å². The number of thiazole rings is 1. The Labute approximate surface area is 173 Å². The zero-order valence-electron chi connectivity index (χ0n) is 16.4. The lowest BCUT2D eigenvalue weighted by Crippen LogP contribution is -2.29. The highest BCUT2D eigenvalue weighted by Gasteiger charge is 2.15. The average Bonchev–Trinajstić information content (AvgIpc) is 3.09. The van der Waals surface area contributed by atoms with Crippen LogP contribution in [-0.4, -0.2) is 16.4 Å². The first kappa shape index (κ1) is 20.4. The third-order valence-corrected chi connectivity index (χ3v) is 6.05. The molecule has 0 fully saturated rings. The molecule has 0 aliphatic heterocycles. The molecule has 0 unspecified atom stereocenters. The van der Waals surface area contributed by atoms with Gasteiger partial charge in [0.2, 0.25) is 5.91 Å². The first-order valence-corrected chi connectivity index (χ1v) is 10.5. The van der Waals surface area contributed by atoms with Crippen LogP contribution in [0.15, 0.2) is 53.6 Å². The fourth-order valence-electron chi connectivity index (χ4n) is 2.46. The summed E-state index contributed by atoms with van der Waals surface area (Å²) in [5.74, 6) is -0.0871. The molecule has 3 aromatic rings. The fraction of sp³-hybridized carbons (Fsp3) is 0.238. The van der Waals surface area contributed by atoms with Gasteiger partial charge in [-0.1, -0.05) is 6.07 Å². The van der Waals surface area contributed by atoms with E-state index in [1.54, 1.807) is 23.3 Å². The van der Waals surface area contributed by atoms with Gasteiger partial charge in [0, 0.05) is 46.1 Å². The lowest BCUT2D eigenvalue weighted by molar-refractivity contribution is -0.114. The van der Waals surface area contributed by atoms with Crippen LogP contribution in [0.2, 0.25) is 0 Å². The largest absolute Gasteiger partial charge is 0.399 e. The Hall–Kier alpha value is -2.35. The van der Waals surface area contributed by atoms with Gasteiger partial charge in [-0.15, -0.1) is 11.3 Å². The average molecular weight is 413 g/mol. The second-order valence-electron chi connectivity index (χ2n) is 7.50. The Morgan fingerprint density at radius 2 is 1.86 bits per heavy atom. The first-order chi connectivity index (χ1) is 13.2. The molecule has 146 valence electrons. The molecule has 1 heterocycles. The fourth-order valence-corrected chi connectivity index (χ4v) is 4.37. The van der Waals surface area contributed by atoms with E-state index in [9.17, 15) is 4.79 Å². The Bertz CT molecular complexity index is 975. The lowest BCUT2D eigenvalue weighted by atomic mass is 10.1. The van der Waals surface area contributed by atoms with Crippen LogP contribution in [0, 0.1) is 0 Å².